The highest BCUT2D eigenvalue weighted by atomic mass is 19.2. The predicted molar refractivity (Wildman–Crippen MR) is 106 cm³/mol. The third-order valence-electron chi connectivity index (χ3n) is 4.34. The largest absolute Gasteiger partial charge is 0.349 e. The van der Waals surface area contributed by atoms with Gasteiger partial charge in [-0.25, -0.2) is 8.78 Å². The molecule has 2 rings (SSSR count). The molecular weight excluding hydrogens is 378 g/mol. The van der Waals surface area contributed by atoms with Gasteiger partial charge in [0.15, 0.2) is 11.6 Å². The van der Waals surface area contributed by atoms with Crippen molar-refractivity contribution in [3.63, 3.8) is 0 Å². The lowest BCUT2D eigenvalue weighted by Crippen LogP contribution is -2.33. The second kappa shape index (κ2) is 9.64. The molecule has 0 atom stereocenters. The summed E-state index contributed by atoms with van der Waals surface area (Å²) in [6, 6.07) is 6.65. The Morgan fingerprint density at radius 3 is 2.55 bits per heavy atom. The van der Waals surface area contributed by atoms with Crippen molar-refractivity contribution in [2.75, 3.05) is 11.9 Å². The summed E-state index contributed by atoms with van der Waals surface area (Å²) in [5.74, 6) is -3.46. The van der Waals surface area contributed by atoms with E-state index in [1.54, 1.807) is 0 Å². The summed E-state index contributed by atoms with van der Waals surface area (Å²) >= 11 is 0. The van der Waals surface area contributed by atoms with Crippen LogP contribution in [0.3, 0.4) is 0 Å². The number of aryl methyl sites for hydroxylation is 1. The van der Waals surface area contributed by atoms with E-state index in [2.05, 4.69) is 22.1 Å². The Balaban J connectivity index is 2.03. The Hall–Kier alpha value is -3.47. The van der Waals surface area contributed by atoms with Gasteiger partial charge >= 0.3 is 0 Å². The normalized spacial score (nSPS) is 11.1. The Morgan fingerprint density at radius 1 is 1.21 bits per heavy atom. The molecule has 0 saturated heterocycles. The highest BCUT2D eigenvalue weighted by Crippen LogP contribution is 2.19. The van der Waals surface area contributed by atoms with E-state index in [0.29, 0.717) is 0 Å². The fourth-order valence-electron chi connectivity index (χ4n) is 2.88. The fraction of sp³-hybridized carbons (Fsp3) is 0.286. The molecule has 152 valence electrons. The average Bonchev–Trinajstić information content (AvgIpc) is 2.94. The number of nitrogens with one attached hydrogen (secondary N) is 2. The number of amides is 2. The van der Waals surface area contributed by atoms with Crippen molar-refractivity contribution in [2.24, 2.45) is 0 Å². The van der Waals surface area contributed by atoms with Crippen LogP contribution in [0.15, 0.2) is 29.8 Å². The molecule has 0 aliphatic carbocycles. The van der Waals surface area contributed by atoms with Gasteiger partial charge in [0.25, 0.3) is 5.91 Å². The second-order valence-corrected chi connectivity index (χ2v) is 6.51. The fourth-order valence-corrected chi connectivity index (χ4v) is 2.88. The SMILES string of the molecule is CCCn1c(C)cc(/C=C(\C#N)C(=O)NCC(=O)Nc2ccc(F)c(F)c2)c1C. The third-order valence-corrected chi connectivity index (χ3v) is 4.34. The Labute approximate surface area is 167 Å². The minimum atomic E-state index is -1.10. The monoisotopic (exact) mass is 400 g/mol. The molecule has 6 nitrogen and oxygen atoms in total. The average molecular weight is 400 g/mol. The summed E-state index contributed by atoms with van der Waals surface area (Å²) in [4.78, 5) is 24.2. The number of nitrogens with zero attached hydrogens (tertiary/aromatic N) is 2. The van der Waals surface area contributed by atoms with Crippen molar-refractivity contribution in [2.45, 2.75) is 33.7 Å². The van der Waals surface area contributed by atoms with Crippen molar-refractivity contribution >= 4 is 23.6 Å². The first kappa shape index (κ1) is 21.8. The number of nitriles is 1. The zero-order valence-corrected chi connectivity index (χ0v) is 16.5. The molecule has 0 saturated carbocycles. The van der Waals surface area contributed by atoms with Gasteiger partial charge in [-0.3, -0.25) is 9.59 Å². The molecule has 1 heterocycles. The molecule has 0 aliphatic heterocycles. The van der Waals surface area contributed by atoms with Crippen molar-refractivity contribution in [3.05, 3.63) is 58.4 Å². The number of hydrogen-bond donors (Lipinski definition) is 2. The highest BCUT2D eigenvalue weighted by molar-refractivity contribution is 6.04. The van der Waals surface area contributed by atoms with Gasteiger partial charge in [-0.15, -0.1) is 0 Å². The van der Waals surface area contributed by atoms with Gasteiger partial charge in [0.1, 0.15) is 11.6 Å². The molecule has 0 spiro atoms. The van der Waals surface area contributed by atoms with Crippen molar-refractivity contribution in [1.82, 2.24) is 9.88 Å². The molecule has 8 heteroatoms. The topological polar surface area (TPSA) is 86.9 Å². The Morgan fingerprint density at radius 2 is 1.93 bits per heavy atom. The molecule has 1 aromatic carbocycles. The van der Waals surface area contributed by atoms with E-state index < -0.39 is 30.0 Å². The van der Waals surface area contributed by atoms with Crippen LogP contribution in [-0.2, 0) is 16.1 Å². The molecule has 0 bridgehead atoms. The molecule has 0 radical (unpaired) electrons. The summed E-state index contributed by atoms with van der Waals surface area (Å²) in [7, 11) is 0. The van der Waals surface area contributed by atoms with Gasteiger partial charge in [-0.2, -0.15) is 5.26 Å². The third kappa shape index (κ3) is 5.51. The van der Waals surface area contributed by atoms with Crippen LogP contribution in [0.2, 0.25) is 0 Å². The summed E-state index contributed by atoms with van der Waals surface area (Å²) < 4.78 is 28.2. The van der Waals surface area contributed by atoms with Crippen LogP contribution in [0.4, 0.5) is 14.5 Å². The molecule has 2 aromatic rings. The minimum Gasteiger partial charge on any atom is -0.349 e. The van der Waals surface area contributed by atoms with Crippen LogP contribution >= 0.6 is 0 Å². The second-order valence-electron chi connectivity index (χ2n) is 6.51. The molecule has 2 N–H and O–H groups in total. The minimum absolute atomic E-state index is 0.0579. The first-order valence-corrected chi connectivity index (χ1v) is 9.08. The van der Waals surface area contributed by atoms with E-state index in [1.807, 2.05) is 26.0 Å². The number of carbonyl (C=O) groups excluding carboxylic acids is 2. The summed E-state index contributed by atoms with van der Waals surface area (Å²) in [5.41, 5.74) is 2.65. The predicted octanol–water partition coefficient (Wildman–Crippen LogP) is 3.46. The van der Waals surface area contributed by atoms with Crippen molar-refractivity contribution in [3.8, 4) is 6.07 Å². The summed E-state index contributed by atoms with van der Waals surface area (Å²) in [6.45, 7) is 6.34. The Kier molecular flexibility index (Phi) is 7.26. The number of aromatic nitrogens is 1. The van der Waals surface area contributed by atoms with Crippen LogP contribution in [0.25, 0.3) is 6.08 Å². The van der Waals surface area contributed by atoms with Gasteiger partial charge in [0.2, 0.25) is 5.91 Å². The number of hydrogen-bond acceptors (Lipinski definition) is 3. The lowest BCUT2D eigenvalue weighted by Gasteiger charge is -2.08. The van der Waals surface area contributed by atoms with Crippen LogP contribution in [0.5, 0.6) is 0 Å². The van der Waals surface area contributed by atoms with Gasteiger partial charge in [-0.05, 0) is 50.1 Å². The van der Waals surface area contributed by atoms with Crippen molar-refractivity contribution in [1.29, 1.82) is 5.26 Å². The molecular formula is C21H22F2N4O2. The molecule has 2 amide bonds. The van der Waals surface area contributed by atoms with Gasteiger partial charge < -0.3 is 15.2 Å². The first-order chi connectivity index (χ1) is 13.8. The molecule has 1 aromatic heterocycles. The van der Waals surface area contributed by atoms with Crippen LogP contribution < -0.4 is 10.6 Å². The van der Waals surface area contributed by atoms with Gasteiger partial charge in [0.05, 0.1) is 6.54 Å². The standard InChI is InChI=1S/C21H22F2N4O2/c1-4-7-27-13(2)8-15(14(27)3)9-16(11-24)21(29)25-12-20(28)26-17-5-6-18(22)19(23)10-17/h5-6,8-10H,4,7,12H2,1-3H3,(H,25,29)(H,26,28)/b16-9+. The van der Waals surface area contributed by atoms with Crippen LogP contribution in [0, 0.1) is 36.8 Å². The maximum atomic E-state index is 13.2. The number of benzene rings is 1. The van der Waals surface area contributed by atoms with Gasteiger partial charge in [-0.1, -0.05) is 6.92 Å². The van der Waals surface area contributed by atoms with E-state index in [0.717, 1.165) is 42.0 Å². The number of rotatable bonds is 7. The van der Waals surface area contributed by atoms with Crippen LogP contribution in [0.1, 0.15) is 30.3 Å². The zero-order valence-electron chi connectivity index (χ0n) is 16.5. The molecule has 0 aliphatic rings. The van der Waals surface area contributed by atoms with E-state index in [9.17, 15) is 23.6 Å². The summed E-state index contributed by atoms with van der Waals surface area (Å²) in [6.07, 6.45) is 2.44. The smallest absolute Gasteiger partial charge is 0.262 e. The highest BCUT2D eigenvalue weighted by Gasteiger charge is 2.14. The van der Waals surface area contributed by atoms with E-state index in [4.69, 9.17) is 0 Å². The van der Waals surface area contributed by atoms with Crippen molar-refractivity contribution < 1.29 is 18.4 Å². The lowest BCUT2D eigenvalue weighted by molar-refractivity contribution is -0.121. The maximum Gasteiger partial charge on any atom is 0.262 e. The van der Waals surface area contributed by atoms with Gasteiger partial charge in [0, 0.05) is 29.7 Å². The Bertz CT molecular complexity index is 1000. The number of carbonyl (C=O) groups is 2. The zero-order chi connectivity index (χ0) is 21.6. The van der Waals surface area contributed by atoms with Crippen LogP contribution in [-0.4, -0.2) is 22.9 Å². The maximum absolute atomic E-state index is 13.2. The molecule has 0 unspecified atom stereocenters. The van der Waals surface area contributed by atoms with E-state index in [1.165, 1.54) is 12.1 Å². The first-order valence-electron chi connectivity index (χ1n) is 9.08. The van der Waals surface area contributed by atoms with E-state index >= 15 is 0 Å². The van der Waals surface area contributed by atoms with E-state index in [-0.39, 0.29) is 11.3 Å². The number of anilines is 1. The number of halogens is 2. The molecule has 29 heavy (non-hydrogen) atoms. The quantitative estimate of drug-likeness (QED) is 0.551. The summed E-state index contributed by atoms with van der Waals surface area (Å²) in [5, 5.41) is 14.0. The lowest BCUT2D eigenvalue weighted by atomic mass is 10.1. The molecule has 0 fully saturated rings.